The molecule has 0 aromatic heterocycles. The van der Waals surface area contributed by atoms with Crippen molar-refractivity contribution in [2.45, 2.75) is 19.3 Å². The van der Waals surface area contributed by atoms with Gasteiger partial charge in [0.1, 0.15) is 0 Å². The molecule has 50 heavy (non-hydrogen) atoms. The molecule has 0 aliphatic heterocycles. The third kappa shape index (κ3) is 4.13. The zero-order valence-corrected chi connectivity index (χ0v) is 28.2. The highest BCUT2D eigenvalue weighted by Gasteiger charge is 2.38. The Morgan fingerprint density at radius 2 is 0.900 bits per heavy atom. The normalized spacial score (nSPS) is 13.2. The number of rotatable bonds is 5. The minimum absolute atomic E-state index is 0.100. The molecule has 0 N–H and O–H groups in total. The third-order valence-electron chi connectivity index (χ3n) is 11.0. The Morgan fingerprint density at radius 3 is 1.68 bits per heavy atom. The summed E-state index contributed by atoms with van der Waals surface area (Å²) in [5.74, 6) is 0. The van der Waals surface area contributed by atoms with E-state index >= 15 is 0 Å². The van der Waals surface area contributed by atoms with Crippen LogP contribution in [0.2, 0.25) is 0 Å². The zero-order chi connectivity index (χ0) is 33.4. The lowest BCUT2D eigenvalue weighted by molar-refractivity contribution is 0.660. The van der Waals surface area contributed by atoms with Gasteiger partial charge in [0.15, 0.2) is 0 Å². The monoisotopic (exact) mass is 637 g/mol. The maximum Gasteiger partial charge on any atom is 0.0543 e. The largest absolute Gasteiger partial charge is 0.309 e. The average molecular weight is 638 g/mol. The highest BCUT2D eigenvalue weighted by molar-refractivity contribution is 6.19. The average Bonchev–Trinajstić information content (AvgIpc) is 3.63. The van der Waals surface area contributed by atoms with Gasteiger partial charge >= 0.3 is 0 Å². The fourth-order valence-corrected chi connectivity index (χ4v) is 8.70. The lowest BCUT2D eigenvalue weighted by atomic mass is 9.82. The molecule has 0 bridgehead atoms. The van der Waals surface area contributed by atoms with E-state index in [9.17, 15) is 0 Å². The molecule has 10 rings (SSSR count). The van der Waals surface area contributed by atoms with Crippen LogP contribution in [-0.2, 0) is 5.41 Å². The van der Waals surface area contributed by atoms with Gasteiger partial charge in [0, 0.05) is 22.2 Å². The van der Waals surface area contributed by atoms with E-state index in [1.165, 1.54) is 83.2 Å². The highest BCUT2D eigenvalue weighted by Crippen LogP contribution is 2.56. The van der Waals surface area contributed by atoms with E-state index in [1.807, 2.05) is 0 Å². The fraction of sp³-hybridized carbons (Fsp3) is 0.0612. The molecule has 0 fully saturated rings. The van der Waals surface area contributed by atoms with Crippen LogP contribution >= 0.6 is 0 Å². The standard InChI is InChI=1S/C49H35N/c1-49(2)43-22-10-8-19-42(43)48-44(49)23-13-25-46(48)50(34-28-26-33(27-29-34)32-14-4-3-5-15-32)45-24-11-9-18-38(45)37-30-31-41-36-17-7-6-16-35(36)39-20-12-21-40(37)47(39)41/h3-31H,1-2H3. The van der Waals surface area contributed by atoms with Gasteiger partial charge < -0.3 is 4.90 Å². The van der Waals surface area contributed by atoms with Crippen LogP contribution in [0, 0.1) is 0 Å². The Labute approximate surface area is 293 Å². The van der Waals surface area contributed by atoms with Crippen LogP contribution in [0.15, 0.2) is 176 Å². The lowest BCUT2D eigenvalue weighted by Gasteiger charge is -2.31. The minimum atomic E-state index is -0.100. The predicted octanol–water partition coefficient (Wildman–Crippen LogP) is 13.6. The molecule has 0 saturated heterocycles. The van der Waals surface area contributed by atoms with Gasteiger partial charge in [-0.25, -0.2) is 0 Å². The van der Waals surface area contributed by atoms with E-state index in [0.29, 0.717) is 0 Å². The molecule has 0 spiro atoms. The molecule has 0 radical (unpaired) electrons. The Morgan fingerprint density at radius 1 is 0.360 bits per heavy atom. The molecule has 8 aromatic carbocycles. The molecule has 2 aliphatic carbocycles. The van der Waals surface area contributed by atoms with Crippen LogP contribution in [0.5, 0.6) is 0 Å². The minimum Gasteiger partial charge on any atom is -0.309 e. The predicted molar refractivity (Wildman–Crippen MR) is 211 cm³/mol. The lowest BCUT2D eigenvalue weighted by Crippen LogP contribution is -2.16. The zero-order valence-electron chi connectivity index (χ0n) is 28.2. The summed E-state index contributed by atoms with van der Waals surface area (Å²) in [7, 11) is 0. The van der Waals surface area contributed by atoms with E-state index in [-0.39, 0.29) is 5.41 Å². The van der Waals surface area contributed by atoms with Crippen LogP contribution in [0.3, 0.4) is 0 Å². The molecule has 0 unspecified atom stereocenters. The first-order valence-corrected chi connectivity index (χ1v) is 17.5. The number of nitrogens with zero attached hydrogens (tertiary/aromatic N) is 1. The maximum absolute atomic E-state index is 2.50. The van der Waals surface area contributed by atoms with Crippen molar-refractivity contribution in [2.75, 3.05) is 4.90 Å². The van der Waals surface area contributed by atoms with E-state index < -0.39 is 0 Å². The Kier molecular flexibility index (Phi) is 6.29. The molecule has 8 aromatic rings. The first-order chi connectivity index (χ1) is 24.6. The van der Waals surface area contributed by atoms with Crippen LogP contribution in [0.25, 0.3) is 66.4 Å². The number of benzene rings is 8. The van der Waals surface area contributed by atoms with Crippen molar-refractivity contribution in [1.29, 1.82) is 0 Å². The van der Waals surface area contributed by atoms with Crippen molar-refractivity contribution in [2.24, 2.45) is 0 Å². The maximum atomic E-state index is 2.50. The summed E-state index contributed by atoms with van der Waals surface area (Å²) in [6.07, 6.45) is 0. The molecule has 1 heteroatoms. The topological polar surface area (TPSA) is 3.24 Å². The first kappa shape index (κ1) is 28.8. The van der Waals surface area contributed by atoms with E-state index in [1.54, 1.807) is 0 Å². The molecule has 2 aliphatic rings. The Hall–Kier alpha value is -6.18. The third-order valence-corrected chi connectivity index (χ3v) is 11.0. The van der Waals surface area contributed by atoms with E-state index in [0.717, 1.165) is 11.4 Å². The van der Waals surface area contributed by atoms with Gasteiger partial charge in [-0.2, -0.15) is 0 Å². The molecular formula is C49H35N. The summed E-state index contributed by atoms with van der Waals surface area (Å²) < 4.78 is 0. The van der Waals surface area contributed by atoms with Gasteiger partial charge in [-0.15, -0.1) is 0 Å². The number of hydrogen-bond acceptors (Lipinski definition) is 1. The summed E-state index contributed by atoms with van der Waals surface area (Å²) in [5.41, 5.74) is 18.9. The molecule has 0 atom stereocenters. The molecule has 0 heterocycles. The molecule has 0 saturated carbocycles. The van der Waals surface area contributed by atoms with Crippen molar-refractivity contribution in [1.82, 2.24) is 0 Å². The Balaban J connectivity index is 1.23. The summed E-state index contributed by atoms with van der Waals surface area (Å²) in [6, 6.07) is 64.8. The van der Waals surface area contributed by atoms with Crippen LogP contribution in [0.4, 0.5) is 17.1 Å². The van der Waals surface area contributed by atoms with Crippen LogP contribution in [0.1, 0.15) is 25.0 Å². The van der Waals surface area contributed by atoms with Gasteiger partial charge in [-0.3, -0.25) is 0 Å². The quantitative estimate of drug-likeness (QED) is 0.181. The van der Waals surface area contributed by atoms with E-state index in [4.69, 9.17) is 0 Å². The van der Waals surface area contributed by atoms with Gasteiger partial charge in [-0.1, -0.05) is 166 Å². The second-order valence-electron chi connectivity index (χ2n) is 14.1. The smallest absolute Gasteiger partial charge is 0.0543 e. The molecule has 236 valence electrons. The molecular weight excluding hydrogens is 603 g/mol. The first-order valence-electron chi connectivity index (χ1n) is 17.5. The molecule has 1 nitrogen and oxygen atoms in total. The highest BCUT2D eigenvalue weighted by atomic mass is 15.1. The van der Waals surface area contributed by atoms with Crippen molar-refractivity contribution in [3.63, 3.8) is 0 Å². The van der Waals surface area contributed by atoms with E-state index in [2.05, 4.69) is 195 Å². The summed E-state index contributed by atoms with van der Waals surface area (Å²) in [4.78, 5) is 2.50. The summed E-state index contributed by atoms with van der Waals surface area (Å²) in [5, 5.41) is 2.63. The SMILES string of the molecule is CC1(C)c2ccccc2-c2c(N(c3ccc(-c4ccccc4)cc3)c3ccccc3-c3ccc4c5c(cccc35)-c3ccccc3-4)cccc21. The van der Waals surface area contributed by atoms with Crippen LogP contribution in [-0.4, -0.2) is 0 Å². The van der Waals surface area contributed by atoms with Crippen LogP contribution < -0.4 is 4.90 Å². The number of para-hydroxylation sites is 1. The summed E-state index contributed by atoms with van der Waals surface area (Å²) >= 11 is 0. The van der Waals surface area contributed by atoms with Crippen molar-refractivity contribution >= 4 is 27.8 Å². The summed E-state index contributed by atoms with van der Waals surface area (Å²) in [6.45, 7) is 4.72. The van der Waals surface area contributed by atoms with Gasteiger partial charge in [0.05, 0.1) is 11.4 Å². The van der Waals surface area contributed by atoms with Crippen molar-refractivity contribution < 1.29 is 0 Å². The number of anilines is 3. The molecule has 0 amide bonds. The van der Waals surface area contributed by atoms with Gasteiger partial charge in [0.25, 0.3) is 0 Å². The second kappa shape index (κ2) is 10.9. The number of fused-ring (bicyclic) bond motifs is 6. The Bertz CT molecular complexity index is 2580. The van der Waals surface area contributed by atoms with Crippen molar-refractivity contribution in [3.05, 3.63) is 187 Å². The van der Waals surface area contributed by atoms with Gasteiger partial charge in [-0.05, 0) is 90.7 Å². The second-order valence-corrected chi connectivity index (χ2v) is 14.1. The van der Waals surface area contributed by atoms with Gasteiger partial charge in [0.2, 0.25) is 0 Å². The number of hydrogen-bond donors (Lipinski definition) is 0. The van der Waals surface area contributed by atoms with Crippen molar-refractivity contribution in [3.8, 4) is 55.6 Å². The fourth-order valence-electron chi connectivity index (χ4n) is 8.70.